The Morgan fingerprint density at radius 1 is 1.09 bits per heavy atom. The molecule has 0 N–H and O–H groups in total. The molecule has 0 aliphatic rings. The van der Waals surface area contributed by atoms with Gasteiger partial charge in [0, 0.05) is 22.0 Å². The molecule has 112 valence electrons. The minimum absolute atomic E-state index is 0.282. The maximum absolute atomic E-state index is 11.7. The second kappa shape index (κ2) is 5.85. The zero-order chi connectivity index (χ0) is 15.7. The number of benzene rings is 2. The predicted molar refractivity (Wildman–Crippen MR) is 87.7 cm³/mol. The van der Waals surface area contributed by atoms with E-state index in [-0.39, 0.29) is 6.61 Å². The second-order valence-electron chi connectivity index (χ2n) is 5.29. The van der Waals surface area contributed by atoms with Gasteiger partial charge in [0.15, 0.2) is 0 Å². The van der Waals surface area contributed by atoms with Gasteiger partial charge in [0.05, 0.1) is 0 Å². The lowest BCUT2D eigenvalue weighted by Crippen LogP contribution is -2.04. The molecule has 0 amide bonds. The molecule has 0 spiro atoms. The van der Waals surface area contributed by atoms with Crippen LogP contribution in [0.4, 0.5) is 0 Å². The van der Waals surface area contributed by atoms with Crippen molar-refractivity contribution < 1.29 is 9.15 Å². The molecule has 4 heteroatoms. The van der Waals surface area contributed by atoms with Gasteiger partial charge >= 0.3 is 5.63 Å². The maximum atomic E-state index is 11.7. The van der Waals surface area contributed by atoms with Gasteiger partial charge in [0.2, 0.25) is 0 Å². The van der Waals surface area contributed by atoms with Crippen LogP contribution in [-0.2, 0) is 6.61 Å². The average Bonchev–Trinajstić information content (AvgIpc) is 2.48. The number of rotatable bonds is 3. The van der Waals surface area contributed by atoms with Crippen LogP contribution in [0.2, 0.25) is 5.02 Å². The van der Waals surface area contributed by atoms with Crippen LogP contribution in [0.1, 0.15) is 16.7 Å². The van der Waals surface area contributed by atoms with Crippen molar-refractivity contribution in [3.05, 3.63) is 74.6 Å². The van der Waals surface area contributed by atoms with Crippen LogP contribution in [0.3, 0.4) is 0 Å². The lowest BCUT2D eigenvalue weighted by atomic mass is 10.1. The molecule has 0 atom stereocenters. The van der Waals surface area contributed by atoms with Crippen molar-refractivity contribution in [3.8, 4) is 5.75 Å². The van der Waals surface area contributed by atoms with Crippen LogP contribution >= 0.6 is 11.6 Å². The Morgan fingerprint density at radius 2 is 1.82 bits per heavy atom. The lowest BCUT2D eigenvalue weighted by Gasteiger charge is -2.09. The zero-order valence-electron chi connectivity index (χ0n) is 12.4. The summed E-state index contributed by atoms with van der Waals surface area (Å²) >= 11 is 6.17. The quantitative estimate of drug-likeness (QED) is 0.661. The third-order valence-electron chi connectivity index (χ3n) is 3.52. The number of aryl methyl sites for hydroxylation is 2. The fraction of sp³-hybridized carbons (Fsp3) is 0.167. The molecule has 2 aromatic carbocycles. The van der Waals surface area contributed by atoms with E-state index in [2.05, 4.69) is 0 Å². The molecule has 22 heavy (non-hydrogen) atoms. The van der Waals surface area contributed by atoms with Crippen LogP contribution in [-0.4, -0.2) is 0 Å². The Morgan fingerprint density at radius 3 is 2.55 bits per heavy atom. The van der Waals surface area contributed by atoms with E-state index in [1.54, 1.807) is 6.07 Å². The van der Waals surface area contributed by atoms with E-state index in [4.69, 9.17) is 20.8 Å². The van der Waals surface area contributed by atoms with E-state index >= 15 is 0 Å². The van der Waals surface area contributed by atoms with Gasteiger partial charge in [-0.1, -0.05) is 29.3 Å². The van der Waals surface area contributed by atoms with E-state index < -0.39 is 5.63 Å². The highest BCUT2D eigenvalue weighted by Gasteiger charge is 2.09. The molecular formula is C18H15ClO3. The minimum Gasteiger partial charge on any atom is -0.489 e. The van der Waals surface area contributed by atoms with Crippen molar-refractivity contribution in [3.63, 3.8) is 0 Å². The molecular weight excluding hydrogens is 300 g/mol. The summed E-state index contributed by atoms with van der Waals surface area (Å²) in [6, 6.07) is 12.8. The fourth-order valence-electron chi connectivity index (χ4n) is 2.26. The highest BCUT2D eigenvalue weighted by molar-refractivity contribution is 6.32. The van der Waals surface area contributed by atoms with E-state index in [1.807, 2.05) is 44.2 Å². The third-order valence-corrected chi connectivity index (χ3v) is 3.93. The van der Waals surface area contributed by atoms with Gasteiger partial charge in [0.25, 0.3) is 0 Å². The van der Waals surface area contributed by atoms with Crippen LogP contribution in [0.5, 0.6) is 5.75 Å². The largest absolute Gasteiger partial charge is 0.489 e. The summed E-state index contributed by atoms with van der Waals surface area (Å²) < 4.78 is 11.0. The van der Waals surface area contributed by atoms with E-state index in [9.17, 15) is 4.79 Å². The lowest BCUT2D eigenvalue weighted by molar-refractivity contribution is 0.306. The summed E-state index contributed by atoms with van der Waals surface area (Å²) in [5, 5.41) is 1.43. The molecule has 0 saturated carbocycles. The predicted octanol–water partition coefficient (Wildman–Crippen LogP) is 4.64. The van der Waals surface area contributed by atoms with Crippen molar-refractivity contribution in [2.75, 3.05) is 0 Å². The molecule has 0 radical (unpaired) electrons. The molecule has 3 rings (SSSR count). The Balaban J connectivity index is 1.97. The van der Waals surface area contributed by atoms with Gasteiger partial charge in [-0.05, 0) is 43.7 Å². The zero-order valence-corrected chi connectivity index (χ0v) is 13.1. The molecule has 0 fully saturated rings. The van der Waals surface area contributed by atoms with Crippen molar-refractivity contribution in [2.45, 2.75) is 20.5 Å². The first kappa shape index (κ1) is 14.7. The molecule has 0 aliphatic heterocycles. The first-order chi connectivity index (χ1) is 10.5. The molecule has 1 aromatic heterocycles. The van der Waals surface area contributed by atoms with E-state index in [0.29, 0.717) is 10.6 Å². The van der Waals surface area contributed by atoms with E-state index in [1.165, 1.54) is 11.6 Å². The van der Waals surface area contributed by atoms with Gasteiger partial charge in [-0.3, -0.25) is 0 Å². The molecule has 0 aliphatic carbocycles. The smallest absolute Gasteiger partial charge is 0.336 e. The fourth-order valence-corrected chi connectivity index (χ4v) is 2.43. The molecule has 3 aromatic rings. The molecule has 1 heterocycles. The van der Waals surface area contributed by atoms with Crippen molar-refractivity contribution in [1.29, 1.82) is 0 Å². The van der Waals surface area contributed by atoms with Gasteiger partial charge in [-0.15, -0.1) is 0 Å². The van der Waals surface area contributed by atoms with Crippen molar-refractivity contribution >= 4 is 22.6 Å². The third kappa shape index (κ3) is 3.00. The molecule has 0 bridgehead atoms. The van der Waals surface area contributed by atoms with Crippen LogP contribution in [0.25, 0.3) is 11.0 Å². The van der Waals surface area contributed by atoms with Gasteiger partial charge in [0.1, 0.15) is 17.9 Å². The number of fused-ring (bicyclic) bond motifs is 1. The topological polar surface area (TPSA) is 39.4 Å². The minimum atomic E-state index is -0.392. The second-order valence-corrected chi connectivity index (χ2v) is 5.70. The summed E-state index contributed by atoms with van der Waals surface area (Å²) in [5.74, 6) is 0.755. The number of halogens is 1. The Bertz CT molecular complexity index is 879. The van der Waals surface area contributed by atoms with Gasteiger partial charge < -0.3 is 9.15 Å². The monoisotopic (exact) mass is 314 g/mol. The highest BCUT2D eigenvalue weighted by atomic mass is 35.5. The highest BCUT2D eigenvalue weighted by Crippen LogP contribution is 2.26. The van der Waals surface area contributed by atoms with Crippen molar-refractivity contribution in [2.24, 2.45) is 0 Å². The Kier molecular flexibility index (Phi) is 3.90. The summed E-state index contributed by atoms with van der Waals surface area (Å²) in [6.45, 7) is 4.17. The number of hydrogen-bond donors (Lipinski definition) is 0. The van der Waals surface area contributed by atoms with Crippen LogP contribution < -0.4 is 10.4 Å². The van der Waals surface area contributed by atoms with E-state index in [0.717, 1.165) is 22.3 Å². The number of hydrogen-bond acceptors (Lipinski definition) is 3. The SMILES string of the molecule is Cc1ccc(OCc2cc(=O)oc3cc(C)c(Cl)cc23)cc1. The first-order valence-electron chi connectivity index (χ1n) is 6.95. The van der Waals surface area contributed by atoms with Crippen LogP contribution in [0, 0.1) is 13.8 Å². The number of ether oxygens (including phenoxy) is 1. The summed E-state index contributed by atoms with van der Waals surface area (Å²) in [7, 11) is 0. The Labute approximate surface area is 133 Å². The van der Waals surface area contributed by atoms with Crippen LogP contribution in [0.15, 0.2) is 51.7 Å². The van der Waals surface area contributed by atoms with Crippen molar-refractivity contribution in [1.82, 2.24) is 0 Å². The average molecular weight is 315 g/mol. The van der Waals surface area contributed by atoms with Gasteiger partial charge in [-0.2, -0.15) is 0 Å². The standard InChI is InChI=1S/C18H15ClO3/c1-11-3-5-14(6-4-11)21-10-13-8-18(20)22-17-7-12(2)16(19)9-15(13)17/h3-9H,10H2,1-2H3. The molecule has 3 nitrogen and oxygen atoms in total. The normalized spacial score (nSPS) is 10.9. The molecule has 0 unspecified atom stereocenters. The summed E-state index contributed by atoms with van der Waals surface area (Å²) in [4.78, 5) is 11.7. The summed E-state index contributed by atoms with van der Waals surface area (Å²) in [6.07, 6.45) is 0. The maximum Gasteiger partial charge on any atom is 0.336 e. The first-order valence-corrected chi connectivity index (χ1v) is 7.33. The summed E-state index contributed by atoms with van der Waals surface area (Å²) in [5.41, 5.74) is 2.93. The molecule has 0 saturated heterocycles. The van der Waals surface area contributed by atoms with Gasteiger partial charge in [-0.25, -0.2) is 4.79 Å². The Hall–Kier alpha value is -2.26.